The normalized spacial score (nSPS) is 11.3. The van der Waals surface area contributed by atoms with Crippen LogP contribution < -0.4 is 11.3 Å². The van der Waals surface area contributed by atoms with E-state index in [0.29, 0.717) is 5.84 Å². The summed E-state index contributed by atoms with van der Waals surface area (Å²) in [6, 6.07) is 13.5. The van der Waals surface area contributed by atoms with Gasteiger partial charge in [0.15, 0.2) is 0 Å². The number of aliphatic imine (C=N–C) groups is 1. The molecule has 1 heterocycles. The second-order valence-electron chi connectivity index (χ2n) is 3.63. The van der Waals surface area contributed by atoms with Crippen molar-refractivity contribution in [3.63, 3.8) is 0 Å². The summed E-state index contributed by atoms with van der Waals surface area (Å²) >= 11 is 0. The second kappa shape index (κ2) is 5.23. The molecule has 0 amide bonds. The third-order valence-corrected chi connectivity index (χ3v) is 2.32. The highest BCUT2D eigenvalue weighted by molar-refractivity contribution is 5.99. The minimum Gasteiger partial charge on any atom is -0.308 e. The Kier molecular flexibility index (Phi) is 3.47. The van der Waals surface area contributed by atoms with Gasteiger partial charge in [0.1, 0.15) is 5.84 Å². The van der Waals surface area contributed by atoms with Crippen LogP contribution in [-0.2, 0) is 0 Å². The summed E-state index contributed by atoms with van der Waals surface area (Å²) in [7, 11) is 0. The molecule has 2 aromatic rings. The number of aryl methyl sites for hydroxylation is 1. The molecule has 3 N–H and O–H groups in total. The maximum Gasteiger partial charge on any atom is 0.149 e. The number of hydrogen-bond donors (Lipinski definition) is 2. The Bertz CT molecular complexity index is 503. The van der Waals surface area contributed by atoms with Crippen LogP contribution in [0, 0.1) is 6.92 Å². The van der Waals surface area contributed by atoms with Crippen molar-refractivity contribution in [3.05, 3.63) is 59.9 Å². The molecule has 0 fully saturated rings. The van der Waals surface area contributed by atoms with E-state index in [9.17, 15) is 0 Å². The molecule has 0 spiro atoms. The fourth-order valence-electron chi connectivity index (χ4n) is 1.42. The van der Waals surface area contributed by atoms with Crippen molar-refractivity contribution in [3.8, 4) is 0 Å². The molecule has 0 saturated heterocycles. The highest BCUT2D eigenvalue weighted by atomic mass is 15.2. The van der Waals surface area contributed by atoms with Crippen LogP contribution in [0.4, 0.5) is 5.69 Å². The molecule has 2 rings (SSSR count). The number of nitrogens with one attached hydrogen (secondary N) is 1. The molecular formula is C13H14N4. The Morgan fingerprint density at radius 3 is 2.53 bits per heavy atom. The molecule has 17 heavy (non-hydrogen) atoms. The third-order valence-electron chi connectivity index (χ3n) is 2.32. The zero-order valence-corrected chi connectivity index (χ0v) is 9.59. The summed E-state index contributed by atoms with van der Waals surface area (Å²) in [5, 5.41) is 0. The zero-order chi connectivity index (χ0) is 12.1. The number of para-hydroxylation sites is 1. The fourth-order valence-corrected chi connectivity index (χ4v) is 1.42. The fraction of sp³-hybridized carbons (Fsp3) is 0.0769. The zero-order valence-electron chi connectivity index (χ0n) is 9.59. The van der Waals surface area contributed by atoms with Gasteiger partial charge in [0.2, 0.25) is 0 Å². The van der Waals surface area contributed by atoms with Gasteiger partial charge in [-0.25, -0.2) is 10.8 Å². The van der Waals surface area contributed by atoms with Crippen molar-refractivity contribution in [2.24, 2.45) is 10.8 Å². The van der Waals surface area contributed by atoms with Crippen LogP contribution in [0.1, 0.15) is 11.3 Å². The Morgan fingerprint density at radius 1 is 1.18 bits per heavy atom. The summed E-state index contributed by atoms with van der Waals surface area (Å²) in [6.07, 6.45) is 1.75. The van der Waals surface area contributed by atoms with Crippen molar-refractivity contribution >= 4 is 11.5 Å². The number of amidine groups is 1. The van der Waals surface area contributed by atoms with Gasteiger partial charge < -0.3 is 5.43 Å². The van der Waals surface area contributed by atoms with Crippen LogP contribution in [0.5, 0.6) is 0 Å². The molecule has 0 aliphatic carbocycles. The first kappa shape index (κ1) is 11.3. The largest absolute Gasteiger partial charge is 0.308 e. The Labute approximate surface area is 100 Å². The van der Waals surface area contributed by atoms with E-state index in [1.807, 2.05) is 49.4 Å². The molecule has 0 atom stereocenters. The molecule has 86 valence electrons. The standard InChI is InChI=1S/C13H14N4/c1-10-7-8-11(9-15-10)13(17-14)16-12-5-3-2-4-6-12/h2-9H,14H2,1H3,(H,16,17). The number of hydrogen-bond acceptors (Lipinski definition) is 3. The number of nitrogens with two attached hydrogens (primary N) is 1. The molecular weight excluding hydrogens is 212 g/mol. The van der Waals surface area contributed by atoms with Gasteiger partial charge in [-0.15, -0.1) is 0 Å². The van der Waals surface area contributed by atoms with Gasteiger partial charge >= 0.3 is 0 Å². The van der Waals surface area contributed by atoms with E-state index in [1.54, 1.807) is 6.20 Å². The average Bonchev–Trinajstić information content (AvgIpc) is 2.38. The Hall–Kier alpha value is -2.20. The molecule has 0 saturated carbocycles. The molecule has 0 aliphatic heterocycles. The van der Waals surface area contributed by atoms with Crippen LogP contribution in [0.15, 0.2) is 53.7 Å². The van der Waals surface area contributed by atoms with Crippen LogP contribution >= 0.6 is 0 Å². The maximum atomic E-state index is 5.48. The van der Waals surface area contributed by atoms with Crippen LogP contribution in [0.25, 0.3) is 0 Å². The Morgan fingerprint density at radius 2 is 1.94 bits per heavy atom. The number of rotatable bonds is 2. The number of pyridine rings is 1. The van der Waals surface area contributed by atoms with Crippen LogP contribution in [0.3, 0.4) is 0 Å². The first-order valence-corrected chi connectivity index (χ1v) is 5.33. The third kappa shape index (κ3) is 2.89. The van der Waals surface area contributed by atoms with Crippen molar-refractivity contribution in [1.82, 2.24) is 10.4 Å². The van der Waals surface area contributed by atoms with E-state index in [-0.39, 0.29) is 0 Å². The lowest BCUT2D eigenvalue weighted by Crippen LogP contribution is -2.31. The maximum absolute atomic E-state index is 5.48. The van der Waals surface area contributed by atoms with Gasteiger partial charge in [-0.3, -0.25) is 4.98 Å². The Balaban J connectivity index is 2.34. The average molecular weight is 226 g/mol. The predicted molar refractivity (Wildman–Crippen MR) is 68.9 cm³/mol. The molecule has 4 heteroatoms. The highest BCUT2D eigenvalue weighted by Gasteiger charge is 2.01. The monoisotopic (exact) mass is 226 g/mol. The minimum absolute atomic E-state index is 0.601. The van der Waals surface area contributed by atoms with Crippen molar-refractivity contribution in [2.75, 3.05) is 0 Å². The van der Waals surface area contributed by atoms with Gasteiger partial charge in [-0.1, -0.05) is 18.2 Å². The summed E-state index contributed by atoms with van der Waals surface area (Å²) in [4.78, 5) is 8.63. The van der Waals surface area contributed by atoms with Crippen molar-refractivity contribution < 1.29 is 0 Å². The van der Waals surface area contributed by atoms with E-state index in [0.717, 1.165) is 16.9 Å². The number of benzene rings is 1. The first-order chi connectivity index (χ1) is 8.29. The predicted octanol–water partition coefficient (Wildman–Crippen LogP) is 1.93. The van der Waals surface area contributed by atoms with E-state index >= 15 is 0 Å². The van der Waals surface area contributed by atoms with Crippen molar-refractivity contribution in [1.29, 1.82) is 0 Å². The highest BCUT2D eigenvalue weighted by Crippen LogP contribution is 2.11. The number of nitrogens with zero attached hydrogens (tertiary/aromatic N) is 2. The molecule has 0 bridgehead atoms. The van der Waals surface area contributed by atoms with Gasteiger partial charge in [0, 0.05) is 17.5 Å². The summed E-state index contributed by atoms with van der Waals surface area (Å²) in [5.74, 6) is 6.08. The lowest BCUT2D eigenvalue weighted by atomic mass is 10.2. The molecule has 0 radical (unpaired) electrons. The molecule has 0 unspecified atom stereocenters. The molecule has 4 nitrogen and oxygen atoms in total. The summed E-state index contributed by atoms with van der Waals surface area (Å²) < 4.78 is 0. The van der Waals surface area contributed by atoms with E-state index in [4.69, 9.17) is 5.84 Å². The quantitative estimate of drug-likeness (QED) is 0.356. The van der Waals surface area contributed by atoms with Crippen LogP contribution in [0.2, 0.25) is 0 Å². The van der Waals surface area contributed by atoms with Crippen LogP contribution in [-0.4, -0.2) is 10.8 Å². The smallest absolute Gasteiger partial charge is 0.149 e. The lowest BCUT2D eigenvalue weighted by molar-refractivity contribution is 1.02. The molecule has 1 aromatic carbocycles. The first-order valence-electron chi connectivity index (χ1n) is 5.33. The van der Waals surface area contributed by atoms with E-state index in [1.165, 1.54) is 0 Å². The topological polar surface area (TPSA) is 63.3 Å². The van der Waals surface area contributed by atoms with E-state index in [2.05, 4.69) is 15.4 Å². The number of aromatic nitrogens is 1. The number of hydrazine groups is 1. The summed E-state index contributed by atoms with van der Waals surface area (Å²) in [6.45, 7) is 1.94. The van der Waals surface area contributed by atoms with Gasteiger partial charge in [0.25, 0.3) is 0 Å². The lowest BCUT2D eigenvalue weighted by Gasteiger charge is -2.05. The second-order valence-corrected chi connectivity index (χ2v) is 3.63. The minimum atomic E-state index is 0.601. The van der Waals surface area contributed by atoms with Gasteiger partial charge in [-0.05, 0) is 31.2 Å². The molecule has 1 aromatic heterocycles. The SMILES string of the molecule is Cc1ccc(C(=Nc2ccccc2)NN)cn1. The summed E-state index contributed by atoms with van der Waals surface area (Å²) in [5.41, 5.74) is 5.27. The van der Waals surface area contributed by atoms with Crippen molar-refractivity contribution in [2.45, 2.75) is 6.92 Å². The van der Waals surface area contributed by atoms with Gasteiger partial charge in [0.05, 0.1) is 5.69 Å². The molecule has 0 aliphatic rings. The van der Waals surface area contributed by atoms with Gasteiger partial charge in [-0.2, -0.15) is 0 Å². The van der Waals surface area contributed by atoms with E-state index < -0.39 is 0 Å².